The number of aryl methyl sites for hydroxylation is 1. The average Bonchev–Trinajstić information content (AvgIpc) is 3.08. The van der Waals surface area contributed by atoms with Crippen LogP contribution in [-0.2, 0) is 9.47 Å². The predicted molar refractivity (Wildman–Crippen MR) is 100 cm³/mol. The minimum absolute atomic E-state index is 0.0392. The van der Waals surface area contributed by atoms with Gasteiger partial charge in [0.15, 0.2) is 0 Å². The summed E-state index contributed by atoms with van der Waals surface area (Å²) in [4.78, 5) is 24.1. The maximum Gasteiger partial charge on any atom is 0.429 e. The molecular weight excluding hydrogens is 332 g/mol. The minimum atomic E-state index is -0.672. The van der Waals surface area contributed by atoms with Crippen molar-refractivity contribution in [3.8, 4) is 0 Å². The van der Waals surface area contributed by atoms with E-state index in [2.05, 4.69) is 17.6 Å². The van der Waals surface area contributed by atoms with Crippen molar-refractivity contribution in [3.05, 3.63) is 53.6 Å². The van der Waals surface area contributed by atoms with E-state index in [0.29, 0.717) is 6.42 Å². The van der Waals surface area contributed by atoms with Gasteiger partial charge in [-0.1, -0.05) is 54.1 Å². The largest absolute Gasteiger partial charge is 0.449 e. The third-order valence-electron chi connectivity index (χ3n) is 4.05. The zero-order valence-corrected chi connectivity index (χ0v) is 15.5. The van der Waals surface area contributed by atoms with Crippen LogP contribution in [0.5, 0.6) is 0 Å². The first kappa shape index (κ1) is 19.6. The second kappa shape index (κ2) is 9.65. The molecule has 1 aromatic carbocycles. The molecule has 1 aromatic rings. The summed E-state index contributed by atoms with van der Waals surface area (Å²) >= 11 is 0. The van der Waals surface area contributed by atoms with Gasteiger partial charge in [-0.25, -0.2) is 20.0 Å². The van der Waals surface area contributed by atoms with E-state index < -0.39 is 12.2 Å². The summed E-state index contributed by atoms with van der Waals surface area (Å²) in [6.45, 7) is 5.92. The van der Waals surface area contributed by atoms with Crippen molar-refractivity contribution in [2.75, 3.05) is 13.2 Å². The van der Waals surface area contributed by atoms with Crippen LogP contribution in [0.1, 0.15) is 31.4 Å². The van der Waals surface area contributed by atoms with Crippen LogP contribution in [0.2, 0.25) is 0 Å². The van der Waals surface area contributed by atoms with Gasteiger partial charge in [-0.15, -0.1) is 0 Å². The number of carbonyl (C=O) groups excluding carboxylic acids is 2. The lowest BCUT2D eigenvalue weighted by molar-refractivity contribution is 0.0521. The summed E-state index contributed by atoms with van der Waals surface area (Å²) in [6.07, 6.45) is 7.41. The molecule has 6 heteroatoms. The predicted octanol–water partition coefficient (Wildman–Crippen LogP) is 4.07. The maximum atomic E-state index is 12.3. The highest BCUT2D eigenvalue weighted by molar-refractivity contribution is 5.74. The highest BCUT2D eigenvalue weighted by Gasteiger charge is 2.33. The van der Waals surface area contributed by atoms with Gasteiger partial charge in [0.05, 0.1) is 19.3 Å². The van der Waals surface area contributed by atoms with E-state index in [1.807, 2.05) is 43.4 Å². The van der Waals surface area contributed by atoms with Gasteiger partial charge >= 0.3 is 12.2 Å². The maximum absolute atomic E-state index is 12.3. The number of benzene rings is 1. The van der Waals surface area contributed by atoms with Crippen molar-refractivity contribution in [3.63, 3.8) is 0 Å². The summed E-state index contributed by atoms with van der Waals surface area (Å²) < 4.78 is 9.98. The quantitative estimate of drug-likeness (QED) is 0.636. The number of hydrogen-bond acceptors (Lipinski definition) is 4. The van der Waals surface area contributed by atoms with Crippen molar-refractivity contribution < 1.29 is 19.1 Å². The van der Waals surface area contributed by atoms with Crippen LogP contribution in [0.15, 0.2) is 42.5 Å². The molecule has 0 radical (unpaired) electrons. The van der Waals surface area contributed by atoms with E-state index in [4.69, 9.17) is 9.47 Å². The van der Waals surface area contributed by atoms with Gasteiger partial charge in [-0.05, 0) is 32.8 Å². The van der Waals surface area contributed by atoms with Gasteiger partial charge in [-0.2, -0.15) is 0 Å². The van der Waals surface area contributed by atoms with Crippen molar-refractivity contribution >= 4 is 18.3 Å². The molecule has 0 spiro atoms. The van der Waals surface area contributed by atoms with Crippen LogP contribution in [0.25, 0.3) is 6.08 Å². The van der Waals surface area contributed by atoms with Gasteiger partial charge in [0, 0.05) is 5.92 Å². The number of hydrogen-bond donors (Lipinski definition) is 1. The molecule has 140 valence electrons. The molecule has 1 aliphatic rings. The normalized spacial score (nSPS) is 18.7. The van der Waals surface area contributed by atoms with Crippen LogP contribution in [-0.4, -0.2) is 36.5 Å². The first-order valence-corrected chi connectivity index (χ1v) is 8.86. The molecule has 0 aliphatic heterocycles. The third kappa shape index (κ3) is 5.37. The molecule has 26 heavy (non-hydrogen) atoms. The summed E-state index contributed by atoms with van der Waals surface area (Å²) in [5.74, 6) is -0.0392. The summed E-state index contributed by atoms with van der Waals surface area (Å²) in [7, 11) is 0. The Labute approximate surface area is 154 Å². The van der Waals surface area contributed by atoms with Crippen molar-refractivity contribution in [1.29, 1.82) is 0 Å². The van der Waals surface area contributed by atoms with Gasteiger partial charge < -0.3 is 9.47 Å². The molecule has 0 aromatic heterocycles. The van der Waals surface area contributed by atoms with Crippen LogP contribution in [0.3, 0.4) is 0 Å². The molecule has 1 N–H and O–H groups in total. The smallest absolute Gasteiger partial charge is 0.429 e. The van der Waals surface area contributed by atoms with E-state index in [-0.39, 0.29) is 25.2 Å². The van der Waals surface area contributed by atoms with E-state index >= 15 is 0 Å². The van der Waals surface area contributed by atoms with Crippen LogP contribution >= 0.6 is 0 Å². The number of hydrazine groups is 1. The van der Waals surface area contributed by atoms with Gasteiger partial charge in [0.2, 0.25) is 0 Å². The number of carbonyl (C=O) groups is 2. The zero-order valence-electron chi connectivity index (χ0n) is 15.5. The van der Waals surface area contributed by atoms with Crippen molar-refractivity contribution in [2.24, 2.45) is 5.92 Å². The Morgan fingerprint density at radius 3 is 2.54 bits per heavy atom. The molecule has 0 fully saturated rings. The molecule has 2 rings (SSSR count). The molecule has 1 aliphatic carbocycles. The minimum Gasteiger partial charge on any atom is -0.449 e. The van der Waals surface area contributed by atoms with E-state index in [9.17, 15) is 9.59 Å². The standard InChI is InChI=1S/C20H26N2O4/c1-4-25-19(23)21-22(20(24)26-5-2)18-8-6-7-17(18)14-13-16-11-9-15(3)10-12-16/h6-7,9-14,17-18H,4-5,8H2,1-3H3,(H,21,23)/b14-13+/t17-,18+/m0/s1. The third-order valence-corrected chi connectivity index (χ3v) is 4.05. The summed E-state index contributed by atoms with van der Waals surface area (Å²) in [6, 6.07) is 7.92. The van der Waals surface area contributed by atoms with E-state index in [1.54, 1.807) is 13.8 Å². The first-order valence-electron chi connectivity index (χ1n) is 8.86. The molecule has 0 unspecified atom stereocenters. The summed E-state index contributed by atoms with van der Waals surface area (Å²) in [5.41, 5.74) is 4.78. The highest BCUT2D eigenvalue weighted by atomic mass is 16.6. The highest BCUT2D eigenvalue weighted by Crippen LogP contribution is 2.25. The van der Waals surface area contributed by atoms with Gasteiger partial charge in [0.25, 0.3) is 0 Å². The molecule has 0 saturated carbocycles. The van der Waals surface area contributed by atoms with Crippen molar-refractivity contribution in [2.45, 2.75) is 33.2 Å². The van der Waals surface area contributed by atoms with E-state index in [1.165, 1.54) is 10.6 Å². The fourth-order valence-electron chi connectivity index (χ4n) is 2.75. The lowest BCUT2D eigenvalue weighted by atomic mass is 10.0. The lowest BCUT2D eigenvalue weighted by Crippen LogP contribution is -2.53. The topological polar surface area (TPSA) is 67.9 Å². The Bertz CT molecular complexity index is 667. The van der Waals surface area contributed by atoms with Gasteiger partial charge in [0.1, 0.15) is 0 Å². The summed E-state index contributed by atoms with van der Waals surface area (Å²) in [5, 5.41) is 1.23. The molecule has 0 bridgehead atoms. The fourth-order valence-corrected chi connectivity index (χ4v) is 2.75. The first-order chi connectivity index (χ1) is 12.5. The Morgan fingerprint density at radius 1 is 1.19 bits per heavy atom. The Morgan fingerprint density at radius 2 is 1.88 bits per heavy atom. The number of nitrogens with zero attached hydrogens (tertiary/aromatic N) is 1. The Hall–Kier alpha value is -2.76. The Balaban J connectivity index is 2.13. The zero-order chi connectivity index (χ0) is 18.9. The number of rotatable bonds is 5. The van der Waals surface area contributed by atoms with E-state index in [0.717, 1.165) is 5.56 Å². The van der Waals surface area contributed by atoms with Crippen LogP contribution in [0, 0.1) is 12.8 Å². The molecule has 0 heterocycles. The Kier molecular flexibility index (Phi) is 7.26. The number of amides is 2. The second-order valence-electron chi connectivity index (χ2n) is 5.98. The van der Waals surface area contributed by atoms with Crippen LogP contribution in [0.4, 0.5) is 9.59 Å². The molecular formula is C20H26N2O4. The fraction of sp³-hybridized carbons (Fsp3) is 0.400. The lowest BCUT2D eigenvalue weighted by Gasteiger charge is -2.30. The van der Waals surface area contributed by atoms with Crippen molar-refractivity contribution in [1.82, 2.24) is 10.4 Å². The number of nitrogens with one attached hydrogen (secondary N) is 1. The molecule has 0 saturated heterocycles. The average molecular weight is 358 g/mol. The number of ether oxygens (including phenoxy) is 2. The monoisotopic (exact) mass is 358 g/mol. The molecule has 6 nitrogen and oxygen atoms in total. The molecule has 2 amide bonds. The van der Waals surface area contributed by atoms with Crippen LogP contribution < -0.4 is 5.43 Å². The SMILES string of the molecule is CCOC(=O)NN(C(=O)OCC)[C@@H]1CC=C[C@H]1/C=C/c1ccc(C)cc1. The molecule has 2 atom stereocenters. The second-order valence-corrected chi connectivity index (χ2v) is 5.98. The van der Waals surface area contributed by atoms with Gasteiger partial charge in [-0.3, -0.25) is 0 Å².